The number of benzene rings is 1. The number of nitrogens with zero attached hydrogens (tertiary/aromatic N) is 3. The molecule has 0 aliphatic carbocycles. The lowest BCUT2D eigenvalue weighted by Gasteiger charge is -2.18. The fourth-order valence-corrected chi connectivity index (χ4v) is 4.38. The summed E-state index contributed by atoms with van der Waals surface area (Å²) in [4.78, 5) is 18.9. The quantitative estimate of drug-likeness (QED) is 0.447. The van der Waals surface area contributed by atoms with E-state index in [1.807, 2.05) is 13.0 Å². The van der Waals surface area contributed by atoms with E-state index in [-0.39, 0.29) is 16.9 Å². The van der Waals surface area contributed by atoms with Gasteiger partial charge in [-0.15, -0.1) is 11.3 Å². The average molecular weight is 474 g/mol. The van der Waals surface area contributed by atoms with Crippen LogP contribution in [0.1, 0.15) is 27.9 Å². The minimum atomic E-state index is -4.68. The van der Waals surface area contributed by atoms with Gasteiger partial charge in [0.2, 0.25) is 0 Å². The number of nitrogens with one attached hydrogen (secondary N) is 1. The fourth-order valence-electron chi connectivity index (χ4n) is 3.48. The van der Waals surface area contributed by atoms with Crippen LogP contribution in [-0.4, -0.2) is 33.7 Å². The molecule has 5 rings (SSSR count). The van der Waals surface area contributed by atoms with Gasteiger partial charge >= 0.3 is 6.18 Å². The monoisotopic (exact) mass is 474 g/mol. The first-order valence-corrected chi connectivity index (χ1v) is 10.9. The van der Waals surface area contributed by atoms with Crippen LogP contribution in [0, 0.1) is 0 Å². The van der Waals surface area contributed by atoms with E-state index >= 15 is 0 Å². The van der Waals surface area contributed by atoms with Crippen molar-refractivity contribution in [1.29, 1.82) is 0 Å². The van der Waals surface area contributed by atoms with E-state index in [4.69, 9.17) is 9.47 Å². The molecule has 33 heavy (non-hydrogen) atoms. The number of alkyl halides is 3. The van der Waals surface area contributed by atoms with Crippen molar-refractivity contribution in [3.8, 4) is 22.1 Å². The maximum atomic E-state index is 13.8. The molecule has 1 amide bonds. The number of aromatic nitrogens is 3. The van der Waals surface area contributed by atoms with Crippen LogP contribution in [0.4, 0.5) is 18.9 Å². The summed E-state index contributed by atoms with van der Waals surface area (Å²) in [5.41, 5.74) is -0.729. The van der Waals surface area contributed by atoms with Gasteiger partial charge in [-0.3, -0.25) is 4.79 Å². The molecule has 1 aromatic carbocycles. The Labute approximate surface area is 189 Å². The molecule has 170 valence electrons. The Balaban J connectivity index is 1.55. The summed E-state index contributed by atoms with van der Waals surface area (Å²) in [6.07, 6.45) is -2.84. The lowest BCUT2D eigenvalue weighted by molar-refractivity contribution is -0.142. The summed E-state index contributed by atoms with van der Waals surface area (Å²) >= 11 is 1.36. The van der Waals surface area contributed by atoms with Crippen molar-refractivity contribution in [1.82, 2.24) is 14.6 Å². The fraction of sp³-hybridized carbons (Fsp3) is 0.227. The molecule has 1 N–H and O–H groups in total. The van der Waals surface area contributed by atoms with Gasteiger partial charge in [-0.1, -0.05) is 6.92 Å². The summed E-state index contributed by atoms with van der Waals surface area (Å²) in [5, 5.41) is 6.48. The topological polar surface area (TPSA) is 77.8 Å². The number of amides is 1. The number of hydrogen-bond donors (Lipinski definition) is 1. The first-order chi connectivity index (χ1) is 15.8. The second-order valence-corrected chi connectivity index (χ2v) is 8.42. The highest BCUT2D eigenvalue weighted by molar-refractivity contribution is 7.15. The van der Waals surface area contributed by atoms with Crippen LogP contribution in [0.3, 0.4) is 0 Å². The maximum absolute atomic E-state index is 13.8. The molecule has 0 atom stereocenters. The van der Waals surface area contributed by atoms with Crippen LogP contribution in [0.25, 0.3) is 16.2 Å². The third kappa shape index (κ3) is 3.99. The van der Waals surface area contributed by atoms with E-state index in [1.165, 1.54) is 11.3 Å². The predicted molar refractivity (Wildman–Crippen MR) is 116 cm³/mol. The molecule has 0 spiro atoms. The number of halogens is 3. The summed E-state index contributed by atoms with van der Waals surface area (Å²) in [7, 11) is 0. The van der Waals surface area contributed by atoms with Crippen molar-refractivity contribution in [3.63, 3.8) is 0 Å². The van der Waals surface area contributed by atoms with E-state index in [2.05, 4.69) is 15.4 Å². The average Bonchev–Trinajstić information content (AvgIpc) is 3.45. The molecule has 0 saturated carbocycles. The Morgan fingerprint density at radius 1 is 1.15 bits per heavy atom. The molecular weight excluding hydrogens is 457 g/mol. The minimum absolute atomic E-state index is 0.0792. The van der Waals surface area contributed by atoms with Crippen LogP contribution < -0.4 is 14.8 Å². The standard InChI is InChI=1S/C22H17F3N4O3S/c1-2-13-4-6-18(33-13)15-10-19(22(23,24)25)29-20(28-15)14(11-26-29)21(30)27-12-3-5-16-17(9-12)32-8-7-31-16/h3-6,9-11H,2,7-8H2,1H3,(H,27,30). The van der Waals surface area contributed by atoms with Gasteiger partial charge in [0.1, 0.15) is 18.8 Å². The molecule has 1 aliphatic heterocycles. The Morgan fingerprint density at radius 2 is 1.94 bits per heavy atom. The smallest absolute Gasteiger partial charge is 0.433 e. The van der Waals surface area contributed by atoms with Crippen molar-refractivity contribution < 1.29 is 27.4 Å². The summed E-state index contributed by atoms with van der Waals surface area (Å²) in [6, 6.07) is 9.40. The van der Waals surface area contributed by atoms with Gasteiger partial charge in [-0.2, -0.15) is 18.3 Å². The summed E-state index contributed by atoms with van der Waals surface area (Å²) in [6.45, 7) is 2.78. The molecule has 0 fully saturated rings. The number of anilines is 1. The number of carbonyl (C=O) groups is 1. The lowest BCUT2D eigenvalue weighted by Crippen LogP contribution is -2.17. The van der Waals surface area contributed by atoms with Crippen LogP contribution in [0.15, 0.2) is 42.6 Å². The van der Waals surface area contributed by atoms with E-state index in [1.54, 1.807) is 24.3 Å². The van der Waals surface area contributed by atoms with Gasteiger partial charge in [-0.05, 0) is 36.8 Å². The summed E-state index contributed by atoms with van der Waals surface area (Å²) < 4.78 is 53.0. The van der Waals surface area contributed by atoms with Gasteiger partial charge in [0.15, 0.2) is 22.8 Å². The first kappa shape index (κ1) is 21.3. The van der Waals surface area contributed by atoms with E-state index in [9.17, 15) is 18.0 Å². The van der Waals surface area contributed by atoms with E-state index in [0.717, 1.165) is 23.6 Å². The van der Waals surface area contributed by atoms with Crippen LogP contribution in [0.5, 0.6) is 11.5 Å². The normalized spacial score (nSPS) is 13.3. The SMILES string of the molecule is CCc1ccc(-c2cc(C(F)(F)F)n3ncc(C(=O)Nc4ccc5c(c4)OCCO5)c3n2)s1. The van der Waals surface area contributed by atoms with Crippen molar-refractivity contribution in [3.05, 3.63) is 58.7 Å². The molecule has 4 aromatic rings. The largest absolute Gasteiger partial charge is 0.486 e. The predicted octanol–water partition coefficient (Wildman–Crippen LogP) is 5.06. The second kappa shape index (κ2) is 8.07. The van der Waals surface area contributed by atoms with Gasteiger partial charge in [-0.25, -0.2) is 9.50 Å². The highest BCUT2D eigenvalue weighted by atomic mass is 32.1. The third-order valence-corrected chi connectivity index (χ3v) is 6.32. The molecular formula is C22H17F3N4O3S. The molecule has 3 aromatic heterocycles. The molecule has 4 heterocycles. The number of rotatable bonds is 4. The molecule has 0 radical (unpaired) electrons. The van der Waals surface area contributed by atoms with Crippen molar-refractivity contribution in [2.24, 2.45) is 0 Å². The molecule has 11 heteroatoms. The molecule has 7 nitrogen and oxygen atoms in total. The maximum Gasteiger partial charge on any atom is 0.433 e. The minimum Gasteiger partial charge on any atom is -0.486 e. The zero-order valence-electron chi connectivity index (χ0n) is 17.3. The highest BCUT2D eigenvalue weighted by Gasteiger charge is 2.36. The molecule has 0 saturated heterocycles. The van der Waals surface area contributed by atoms with Crippen LogP contribution in [0.2, 0.25) is 0 Å². The Morgan fingerprint density at radius 3 is 2.67 bits per heavy atom. The first-order valence-electron chi connectivity index (χ1n) is 10.1. The number of thiophene rings is 1. The Kier molecular flexibility index (Phi) is 5.20. The highest BCUT2D eigenvalue weighted by Crippen LogP contribution is 2.36. The second-order valence-electron chi connectivity index (χ2n) is 7.25. The molecule has 0 unspecified atom stereocenters. The van der Waals surface area contributed by atoms with Gasteiger partial charge < -0.3 is 14.8 Å². The lowest BCUT2D eigenvalue weighted by atomic mass is 10.2. The number of hydrogen-bond acceptors (Lipinski definition) is 6. The molecule has 1 aliphatic rings. The van der Waals surface area contributed by atoms with Gasteiger partial charge in [0.25, 0.3) is 5.91 Å². The zero-order valence-corrected chi connectivity index (χ0v) is 18.1. The number of ether oxygens (including phenoxy) is 2. The van der Waals surface area contributed by atoms with Crippen molar-refractivity contribution in [2.75, 3.05) is 18.5 Å². The Hall–Kier alpha value is -3.60. The van der Waals surface area contributed by atoms with E-state index < -0.39 is 17.8 Å². The zero-order chi connectivity index (χ0) is 23.2. The van der Waals surface area contributed by atoms with Crippen LogP contribution >= 0.6 is 11.3 Å². The van der Waals surface area contributed by atoms with Crippen molar-refractivity contribution in [2.45, 2.75) is 19.5 Å². The Bertz CT molecular complexity index is 1360. The number of fused-ring (bicyclic) bond motifs is 2. The number of carbonyl (C=O) groups excluding carboxylic acids is 1. The number of aryl methyl sites for hydroxylation is 1. The summed E-state index contributed by atoms with van der Waals surface area (Å²) in [5.74, 6) is 0.391. The van der Waals surface area contributed by atoms with Gasteiger partial charge in [0.05, 0.1) is 16.8 Å². The van der Waals surface area contributed by atoms with Crippen molar-refractivity contribution >= 4 is 28.6 Å². The molecule has 0 bridgehead atoms. The van der Waals surface area contributed by atoms with Crippen LogP contribution in [-0.2, 0) is 12.6 Å². The van der Waals surface area contributed by atoms with E-state index in [0.29, 0.717) is 39.8 Å². The van der Waals surface area contributed by atoms with Gasteiger partial charge in [0, 0.05) is 16.6 Å². The third-order valence-electron chi connectivity index (χ3n) is 5.07.